The van der Waals surface area contributed by atoms with E-state index in [2.05, 4.69) is 20.1 Å². The van der Waals surface area contributed by atoms with Gasteiger partial charge in [0.1, 0.15) is 18.1 Å². The lowest BCUT2D eigenvalue weighted by atomic mass is 10.0. The highest BCUT2D eigenvalue weighted by molar-refractivity contribution is 6.31. The van der Waals surface area contributed by atoms with Gasteiger partial charge >= 0.3 is 6.61 Å². The van der Waals surface area contributed by atoms with Crippen molar-refractivity contribution in [3.63, 3.8) is 0 Å². The second kappa shape index (κ2) is 7.17. The third-order valence-corrected chi connectivity index (χ3v) is 4.56. The lowest BCUT2D eigenvalue weighted by Crippen LogP contribution is -2.21. The van der Waals surface area contributed by atoms with E-state index in [9.17, 15) is 8.78 Å². The maximum Gasteiger partial charge on any atom is 0.387 e. The highest BCUT2D eigenvalue weighted by atomic mass is 35.5. The molecule has 9 heteroatoms. The van der Waals surface area contributed by atoms with Gasteiger partial charge in [0.15, 0.2) is 0 Å². The Morgan fingerprint density at radius 1 is 1.07 bits per heavy atom. The predicted molar refractivity (Wildman–Crippen MR) is 99.3 cm³/mol. The smallest absolute Gasteiger partial charge is 0.387 e. The van der Waals surface area contributed by atoms with E-state index < -0.39 is 12.7 Å². The van der Waals surface area contributed by atoms with Crippen LogP contribution in [0.25, 0.3) is 5.70 Å². The quantitative estimate of drug-likeness (QED) is 0.640. The van der Waals surface area contributed by atoms with Crippen molar-refractivity contribution in [3.8, 4) is 5.75 Å². The van der Waals surface area contributed by atoms with E-state index in [1.54, 1.807) is 22.9 Å². The average Bonchev–Trinajstić information content (AvgIpc) is 3.11. The fourth-order valence-corrected chi connectivity index (χ4v) is 3.21. The number of hydrogen-bond donors (Lipinski definition) is 1. The Morgan fingerprint density at radius 2 is 1.81 bits per heavy atom. The number of benzene rings is 2. The summed E-state index contributed by atoms with van der Waals surface area (Å²) < 4.78 is 32.0. The van der Waals surface area contributed by atoms with E-state index in [1.807, 2.05) is 18.2 Å². The first-order chi connectivity index (χ1) is 13.0. The number of alkyl halides is 2. The molecule has 0 aliphatic carbocycles. The second-order valence-electron chi connectivity index (χ2n) is 5.75. The van der Waals surface area contributed by atoms with Crippen LogP contribution in [-0.2, 0) is 0 Å². The fourth-order valence-electron chi connectivity index (χ4n) is 2.91. The molecule has 0 saturated heterocycles. The fraction of sp³-hybridized carbons (Fsp3) is 0.111. The zero-order valence-electron chi connectivity index (χ0n) is 13.6. The summed E-state index contributed by atoms with van der Waals surface area (Å²) in [6.07, 6.45) is 3.22. The normalized spacial score (nSPS) is 15.9. The summed E-state index contributed by atoms with van der Waals surface area (Å²) in [4.78, 5) is 4.19. The lowest BCUT2D eigenvalue weighted by molar-refractivity contribution is -0.0506. The Morgan fingerprint density at radius 3 is 2.56 bits per heavy atom. The first kappa shape index (κ1) is 17.8. The van der Waals surface area contributed by atoms with E-state index in [0.29, 0.717) is 21.6 Å². The molecule has 4 rings (SSSR count). The van der Waals surface area contributed by atoms with Gasteiger partial charge in [0.05, 0.1) is 0 Å². The average molecular weight is 409 g/mol. The highest BCUT2D eigenvalue weighted by Crippen LogP contribution is 2.38. The molecule has 1 aromatic heterocycles. The lowest BCUT2D eigenvalue weighted by Gasteiger charge is -2.26. The maximum absolute atomic E-state index is 12.9. The number of nitrogens with one attached hydrogen (secondary N) is 1. The van der Waals surface area contributed by atoms with Crippen LogP contribution in [0.1, 0.15) is 17.2 Å². The van der Waals surface area contributed by atoms with Crippen molar-refractivity contribution in [2.45, 2.75) is 12.7 Å². The molecule has 27 heavy (non-hydrogen) atoms. The molecule has 1 atom stereocenters. The summed E-state index contributed by atoms with van der Waals surface area (Å²) in [5, 5.41) is 8.38. The molecule has 1 aliphatic heterocycles. The number of halogens is 4. The number of anilines is 1. The Bertz CT molecular complexity index is 1000. The van der Waals surface area contributed by atoms with Gasteiger partial charge in [0.25, 0.3) is 0 Å². The molecule has 0 saturated carbocycles. The van der Waals surface area contributed by atoms with Gasteiger partial charge in [-0.15, -0.1) is 0 Å². The molecule has 1 unspecified atom stereocenters. The summed E-state index contributed by atoms with van der Waals surface area (Å²) in [5.41, 5.74) is 2.04. The number of fused-ring (bicyclic) bond motifs is 1. The summed E-state index contributed by atoms with van der Waals surface area (Å²) in [7, 11) is 0. The number of hydrogen-bond acceptors (Lipinski definition) is 4. The van der Waals surface area contributed by atoms with Crippen LogP contribution in [0, 0.1) is 0 Å². The molecule has 2 heterocycles. The Hall–Kier alpha value is -2.64. The SMILES string of the molecule is FC(F)Oc1ccc(Cl)cc1C1C=C(c2ccc(Cl)cc2)Nc2ncnn21. The Balaban J connectivity index is 1.83. The monoisotopic (exact) mass is 408 g/mol. The van der Waals surface area contributed by atoms with Crippen molar-refractivity contribution in [2.75, 3.05) is 5.32 Å². The number of rotatable bonds is 4. The van der Waals surface area contributed by atoms with Crippen molar-refractivity contribution in [2.24, 2.45) is 0 Å². The van der Waals surface area contributed by atoms with Crippen LogP contribution in [-0.4, -0.2) is 21.4 Å². The first-order valence-corrected chi connectivity index (χ1v) is 8.65. The molecule has 3 aromatic rings. The Labute approximate surface area is 163 Å². The number of allylic oxidation sites excluding steroid dienone is 1. The van der Waals surface area contributed by atoms with Crippen molar-refractivity contribution < 1.29 is 13.5 Å². The second-order valence-corrected chi connectivity index (χ2v) is 6.62. The third kappa shape index (κ3) is 3.61. The number of nitrogens with zero attached hydrogens (tertiary/aromatic N) is 3. The van der Waals surface area contributed by atoms with E-state index >= 15 is 0 Å². The summed E-state index contributed by atoms with van der Waals surface area (Å²) >= 11 is 12.1. The summed E-state index contributed by atoms with van der Waals surface area (Å²) in [6, 6.07) is 11.2. The van der Waals surface area contributed by atoms with Gasteiger partial charge in [-0.05, 0) is 42.0 Å². The molecule has 1 aliphatic rings. The molecule has 0 amide bonds. The molecule has 138 valence electrons. The number of ether oxygens (including phenoxy) is 1. The van der Waals surface area contributed by atoms with E-state index in [0.717, 1.165) is 11.3 Å². The zero-order chi connectivity index (χ0) is 19.0. The van der Waals surface area contributed by atoms with Crippen LogP contribution in [0.15, 0.2) is 54.9 Å². The summed E-state index contributed by atoms with van der Waals surface area (Å²) in [6.45, 7) is -2.96. The molecule has 5 nitrogen and oxygen atoms in total. The molecule has 0 radical (unpaired) electrons. The third-order valence-electron chi connectivity index (χ3n) is 4.07. The standard InChI is InChI=1S/C18H12Cl2F2N4O/c19-11-3-1-10(2-4-11)14-8-15(26-18(25-14)23-9-24-26)13-7-12(20)5-6-16(13)27-17(21)22/h1-9,15,17H,(H,23,24,25). The molecule has 1 N–H and O–H groups in total. The van der Waals surface area contributed by atoms with Gasteiger partial charge in [-0.2, -0.15) is 18.9 Å². The van der Waals surface area contributed by atoms with Crippen LogP contribution in [0.2, 0.25) is 10.0 Å². The van der Waals surface area contributed by atoms with Crippen LogP contribution in [0.3, 0.4) is 0 Å². The minimum absolute atomic E-state index is 0.0226. The molecule has 0 spiro atoms. The molecular weight excluding hydrogens is 397 g/mol. The largest absolute Gasteiger partial charge is 0.434 e. The van der Waals surface area contributed by atoms with Crippen molar-refractivity contribution in [1.82, 2.24) is 14.8 Å². The van der Waals surface area contributed by atoms with Crippen molar-refractivity contribution >= 4 is 34.8 Å². The van der Waals surface area contributed by atoms with Crippen LogP contribution < -0.4 is 10.1 Å². The molecule has 2 aromatic carbocycles. The van der Waals surface area contributed by atoms with Gasteiger partial charge in [-0.3, -0.25) is 0 Å². The van der Waals surface area contributed by atoms with E-state index in [1.165, 1.54) is 18.5 Å². The first-order valence-electron chi connectivity index (χ1n) is 7.90. The minimum Gasteiger partial charge on any atom is -0.434 e. The molecule has 0 bridgehead atoms. The van der Waals surface area contributed by atoms with Crippen LogP contribution in [0.5, 0.6) is 5.75 Å². The maximum atomic E-state index is 12.9. The van der Waals surface area contributed by atoms with Gasteiger partial charge < -0.3 is 10.1 Å². The van der Waals surface area contributed by atoms with Gasteiger partial charge in [-0.25, -0.2) is 4.68 Å². The molecule has 0 fully saturated rings. The zero-order valence-corrected chi connectivity index (χ0v) is 15.1. The Kier molecular flexibility index (Phi) is 4.72. The van der Waals surface area contributed by atoms with E-state index in [4.69, 9.17) is 23.2 Å². The van der Waals surface area contributed by atoms with Gasteiger partial charge in [0, 0.05) is 21.3 Å². The van der Waals surface area contributed by atoms with Crippen LogP contribution in [0.4, 0.5) is 14.7 Å². The van der Waals surface area contributed by atoms with E-state index in [-0.39, 0.29) is 5.75 Å². The molecular formula is C18H12Cl2F2N4O. The van der Waals surface area contributed by atoms with Crippen molar-refractivity contribution in [3.05, 3.63) is 76.0 Å². The highest BCUT2D eigenvalue weighted by Gasteiger charge is 2.27. The predicted octanol–water partition coefficient (Wildman–Crippen LogP) is 5.24. The number of aromatic nitrogens is 3. The topological polar surface area (TPSA) is 52.0 Å². The minimum atomic E-state index is -2.96. The van der Waals surface area contributed by atoms with Crippen LogP contribution >= 0.6 is 23.2 Å². The summed E-state index contributed by atoms with van der Waals surface area (Å²) in [5.74, 6) is 0.491. The van der Waals surface area contributed by atoms with Gasteiger partial charge in [0.2, 0.25) is 5.95 Å². The van der Waals surface area contributed by atoms with Crippen molar-refractivity contribution in [1.29, 1.82) is 0 Å². The van der Waals surface area contributed by atoms with Gasteiger partial charge in [-0.1, -0.05) is 35.3 Å².